The molecule has 3 aromatic carbocycles. The van der Waals surface area contributed by atoms with Crippen molar-refractivity contribution < 1.29 is 13.2 Å². The Morgan fingerprint density at radius 2 is 1.74 bits per heavy atom. The van der Waals surface area contributed by atoms with Crippen molar-refractivity contribution in [2.24, 2.45) is 0 Å². The fourth-order valence-corrected chi connectivity index (χ4v) is 4.97. The van der Waals surface area contributed by atoms with E-state index in [1.54, 1.807) is 60.8 Å². The topological polar surface area (TPSA) is 68.2 Å². The van der Waals surface area contributed by atoms with E-state index >= 15 is 0 Å². The number of nitrogens with zero attached hydrogens (tertiary/aromatic N) is 1. The minimum atomic E-state index is -3.70. The van der Waals surface area contributed by atoms with Crippen LogP contribution in [0.2, 0.25) is 5.02 Å². The van der Waals surface area contributed by atoms with Gasteiger partial charge in [-0.1, -0.05) is 53.6 Å². The number of rotatable bonds is 6. The lowest BCUT2D eigenvalue weighted by Gasteiger charge is -2.10. The smallest absolute Gasteiger partial charge is 0.268 e. The van der Waals surface area contributed by atoms with Gasteiger partial charge in [0.1, 0.15) is 0 Å². The molecule has 0 saturated heterocycles. The molecule has 0 bridgehead atoms. The van der Waals surface area contributed by atoms with E-state index in [2.05, 4.69) is 5.32 Å². The third kappa shape index (κ3) is 4.36. The highest BCUT2D eigenvalue weighted by Crippen LogP contribution is 2.24. The second-order valence-corrected chi connectivity index (χ2v) is 9.53. The van der Waals surface area contributed by atoms with Crippen molar-refractivity contribution in [3.8, 4) is 0 Å². The van der Waals surface area contributed by atoms with Crippen LogP contribution in [0.5, 0.6) is 0 Å². The van der Waals surface area contributed by atoms with E-state index in [-0.39, 0.29) is 10.8 Å². The third-order valence-corrected chi connectivity index (χ3v) is 7.15. The molecule has 1 aromatic heterocycles. The summed E-state index contributed by atoms with van der Waals surface area (Å²) < 4.78 is 27.5. The van der Waals surface area contributed by atoms with Crippen molar-refractivity contribution in [3.05, 3.63) is 101 Å². The van der Waals surface area contributed by atoms with Crippen molar-refractivity contribution in [2.45, 2.75) is 18.2 Å². The average molecular weight is 453 g/mol. The molecule has 158 valence electrons. The van der Waals surface area contributed by atoms with Gasteiger partial charge in [-0.2, -0.15) is 0 Å². The fourth-order valence-electron chi connectivity index (χ4n) is 3.40. The molecular formula is C24H21ClN2O3S. The summed E-state index contributed by atoms with van der Waals surface area (Å²) >= 11 is 6.07. The second-order valence-electron chi connectivity index (χ2n) is 7.31. The number of benzene rings is 3. The van der Waals surface area contributed by atoms with Gasteiger partial charge in [-0.05, 0) is 55.3 Å². The Kier molecular flexibility index (Phi) is 5.85. The molecule has 5 nitrogen and oxygen atoms in total. The summed E-state index contributed by atoms with van der Waals surface area (Å²) in [5.41, 5.74) is 2.96. The number of carbonyl (C=O) groups is 1. The van der Waals surface area contributed by atoms with Crippen molar-refractivity contribution in [1.82, 2.24) is 9.29 Å². The first-order valence-corrected chi connectivity index (χ1v) is 11.6. The molecule has 0 fully saturated rings. The van der Waals surface area contributed by atoms with Crippen LogP contribution in [0.3, 0.4) is 0 Å². The fraction of sp³-hybridized carbons (Fsp3) is 0.125. The van der Waals surface area contributed by atoms with Gasteiger partial charge >= 0.3 is 0 Å². The number of nitrogens with one attached hydrogen (secondary N) is 1. The van der Waals surface area contributed by atoms with Crippen LogP contribution in [-0.2, 0) is 16.4 Å². The van der Waals surface area contributed by atoms with E-state index in [1.807, 2.05) is 25.1 Å². The Morgan fingerprint density at radius 3 is 2.48 bits per heavy atom. The highest BCUT2D eigenvalue weighted by molar-refractivity contribution is 7.90. The van der Waals surface area contributed by atoms with Gasteiger partial charge in [0.2, 0.25) is 0 Å². The number of hydrogen-bond acceptors (Lipinski definition) is 3. The quantitative estimate of drug-likeness (QED) is 0.456. The van der Waals surface area contributed by atoms with Gasteiger partial charge in [-0.3, -0.25) is 4.79 Å². The van der Waals surface area contributed by atoms with Crippen LogP contribution in [0.25, 0.3) is 10.9 Å². The summed E-state index contributed by atoms with van der Waals surface area (Å²) in [6, 6.07) is 21.1. The average Bonchev–Trinajstić information content (AvgIpc) is 3.18. The molecule has 1 amide bonds. The predicted octanol–water partition coefficient (Wildman–Crippen LogP) is 4.81. The zero-order chi connectivity index (χ0) is 22.0. The van der Waals surface area contributed by atoms with Crippen LogP contribution in [0.15, 0.2) is 83.9 Å². The molecule has 1 N–H and O–H groups in total. The van der Waals surface area contributed by atoms with E-state index in [1.165, 1.54) is 3.97 Å². The third-order valence-electron chi connectivity index (χ3n) is 5.12. The van der Waals surface area contributed by atoms with Crippen LogP contribution in [0.1, 0.15) is 21.5 Å². The molecule has 4 rings (SSSR count). The molecular weight excluding hydrogens is 432 g/mol. The number of fused-ring (bicyclic) bond motifs is 1. The lowest BCUT2D eigenvalue weighted by atomic mass is 10.1. The van der Waals surface area contributed by atoms with Crippen molar-refractivity contribution in [3.63, 3.8) is 0 Å². The van der Waals surface area contributed by atoms with Crippen LogP contribution >= 0.6 is 11.6 Å². The van der Waals surface area contributed by atoms with E-state index in [0.717, 1.165) is 16.5 Å². The van der Waals surface area contributed by atoms with Gasteiger partial charge < -0.3 is 5.32 Å². The molecule has 4 aromatic rings. The molecule has 0 aliphatic rings. The number of amides is 1. The summed E-state index contributed by atoms with van der Waals surface area (Å²) in [7, 11) is -3.70. The molecule has 0 spiro atoms. The van der Waals surface area contributed by atoms with E-state index < -0.39 is 10.0 Å². The Labute approximate surface area is 186 Å². The zero-order valence-corrected chi connectivity index (χ0v) is 18.5. The van der Waals surface area contributed by atoms with Gasteiger partial charge in [0.25, 0.3) is 15.9 Å². The first-order valence-electron chi connectivity index (χ1n) is 9.81. The largest absolute Gasteiger partial charge is 0.352 e. The summed E-state index contributed by atoms with van der Waals surface area (Å²) in [6.07, 6.45) is 2.13. The molecule has 0 atom stereocenters. The van der Waals surface area contributed by atoms with Gasteiger partial charge in [0.05, 0.1) is 21.0 Å². The maximum atomic E-state index is 13.1. The maximum Gasteiger partial charge on any atom is 0.268 e. The maximum absolute atomic E-state index is 13.1. The van der Waals surface area contributed by atoms with Gasteiger partial charge in [0, 0.05) is 18.1 Å². The highest BCUT2D eigenvalue weighted by atomic mass is 35.5. The standard InChI is InChI=1S/C24H21ClN2O3S/c1-17-6-10-20(11-7-17)31(29,30)27-15-13-19-9-8-18(16-23(19)27)12-14-26-24(28)21-4-2-3-5-22(21)25/h2-11,13,15-16H,12,14H2,1H3,(H,26,28). The van der Waals surface area contributed by atoms with Gasteiger partial charge in [-0.15, -0.1) is 0 Å². The first kappa shape index (κ1) is 21.2. The Morgan fingerprint density at radius 1 is 1.00 bits per heavy atom. The SMILES string of the molecule is Cc1ccc(S(=O)(=O)n2ccc3ccc(CCNC(=O)c4ccccc4Cl)cc32)cc1. The lowest BCUT2D eigenvalue weighted by Crippen LogP contribution is -2.25. The number of aryl methyl sites for hydroxylation is 1. The number of aromatic nitrogens is 1. The Hall–Kier alpha value is -3.09. The van der Waals surface area contributed by atoms with Crippen LogP contribution < -0.4 is 5.32 Å². The first-order chi connectivity index (χ1) is 14.9. The van der Waals surface area contributed by atoms with E-state index in [0.29, 0.717) is 29.1 Å². The van der Waals surface area contributed by atoms with Crippen LogP contribution in [0.4, 0.5) is 0 Å². The normalized spacial score (nSPS) is 11.5. The van der Waals surface area contributed by atoms with Crippen LogP contribution in [-0.4, -0.2) is 24.8 Å². The molecule has 31 heavy (non-hydrogen) atoms. The molecule has 0 saturated carbocycles. The van der Waals surface area contributed by atoms with Gasteiger partial charge in [-0.25, -0.2) is 12.4 Å². The van der Waals surface area contributed by atoms with Gasteiger partial charge in [0.15, 0.2) is 0 Å². The summed E-state index contributed by atoms with van der Waals surface area (Å²) in [5, 5.41) is 4.09. The van der Waals surface area contributed by atoms with E-state index in [9.17, 15) is 13.2 Å². The van der Waals surface area contributed by atoms with E-state index in [4.69, 9.17) is 11.6 Å². The summed E-state index contributed by atoms with van der Waals surface area (Å²) in [4.78, 5) is 12.6. The number of hydrogen-bond donors (Lipinski definition) is 1. The number of carbonyl (C=O) groups excluding carboxylic acids is 1. The molecule has 0 unspecified atom stereocenters. The molecule has 7 heteroatoms. The predicted molar refractivity (Wildman–Crippen MR) is 123 cm³/mol. The molecule has 0 radical (unpaired) electrons. The minimum absolute atomic E-state index is 0.239. The van der Waals surface area contributed by atoms with Crippen LogP contribution in [0, 0.1) is 6.92 Å². The zero-order valence-electron chi connectivity index (χ0n) is 16.9. The molecule has 1 heterocycles. The second kappa shape index (κ2) is 8.57. The minimum Gasteiger partial charge on any atom is -0.352 e. The van der Waals surface area contributed by atoms with Crippen molar-refractivity contribution >= 4 is 38.4 Å². The number of halogens is 1. The Bertz CT molecular complexity index is 1360. The Balaban J connectivity index is 1.54. The monoisotopic (exact) mass is 452 g/mol. The summed E-state index contributed by atoms with van der Waals surface area (Å²) in [5.74, 6) is -0.239. The highest BCUT2D eigenvalue weighted by Gasteiger charge is 2.19. The van der Waals surface area contributed by atoms with Crippen molar-refractivity contribution in [1.29, 1.82) is 0 Å². The van der Waals surface area contributed by atoms with Crippen molar-refractivity contribution in [2.75, 3.05) is 6.54 Å². The molecule has 0 aliphatic carbocycles. The summed E-state index contributed by atoms with van der Waals surface area (Å²) in [6.45, 7) is 2.32. The lowest BCUT2D eigenvalue weighted by molar-refractivity contribution is 0.0954. The molecule has 0 aliphatic heterocycles.